The highest BCUT2D eigenvalue weighted by molar-refractivity contribution is 5.86. The Hall–Kier alpha value is -1.59. The van der Waals surface area contributed by atoms with Crippen molar-refractivity contribution in [2.24, 2.45) is 5.73 Å². The molecule has 0 aromatic heterocycles. The number of hydrogen-bond acceptors (Lipinski definition) is 4. The summed E-state index contributed by atoms with van der Waals surface area (Å²) in [5.74, 6) is 0.871. The summed E-state index contributed by atoms with van der Waals surface area (Å²) in [6.07, 6.45) is 0. The Bertz CT molecular complexity index is 471. The van der Waals surface area contributed by atoms with Crippen LogP contribution in [0.2, 0.25) is 0 Å². The van der Waals surface area contributed by atoms with E-state index >= 15 is 0 Å². The third kappa shape index (κ3) is 2.64. The third-order valence-electron chi connectivity index (χ3n) is 4.01. The van der Waals surface area contributed by atoms with Gasteiger partial charge in [0.15, 0.2) is 0 Å². The maximum atomic E-state index is 12.1. The van der Waals surface area contributed by atoms with Crippen LogP contribution in [0.1, 0.15) is 25.5 Å². The quantitative estimate of drug-likeness (QED) is 0.858. The van der Waals surface area contributed by atoms with Crippen molar-refractivity contribution >= 4 is 5.91 Å². The Morgan fingerprint density at radius 3 is 2.60 bits per heavy atom. The molecule has 0 saturated carbocycles. The molecule has 5 nitrogen and oxygen atoms in total. The van der Waals surface area contributed by atoms with Crippen molar-refractivity contribution in [3.8, 4) is 5.75 Å². The van der Waals surface area contributed by atoms with Crippen molar-refractivity contribution in [1.82, 2.24) is 10.2 Å². The van der Waals surface area contributed by atoms with Crippen LogP contribution in [-0.2, 0) is 4.79 Å². The summed E-state index contributed by atoms with van der Waals surface area (Å²) in [6, 6.07) is 7.91. The molecule has 3 N–H and O–H groups in total. The minimum atomic E-state index is -0.553. The van der Waals surface area contributed by atoms with Crippen LogP contribution in [0.25, 0.3) is 0 Å². The summed E-state index contributed by atoms with van der Waals surface area (Å²) < 4.78 is 5.18. The molecule has 1 aromatic rings. The lowest BCUT2D eigenvalue weighted by atomic mass is 9.93. The molecule has 1 aliphatic heterocycles. The zero-order chi connectivity index (χ0) is 14.8. The number of nitrogens with zero attached hydrogens (tertiary/aromatic N) is 1. The molecule has 1 unspecified atom stereocenters. The van der Waals surface area contributed by atoms with Crippen molar-refractivity contribution in [3.05, 3.63) is 29.8 Å². The number of piperazine rings is 1. The first-order valence-electron chi connectivity index (χ1n) is 6.89. The average Bonchev–Trinajstić information content (AvgIpc) is 2.45. The minimum absolute atomic E-state index is 0.0296. The number of nitrogens with two attached hydrogens (primary N) is 1. The Morgan fingerprint density at radius 1 is 1.40 bits per heavy atom. The molecule has 1 heterocycles. The van der Waals surface area contributed by atoms with Crippen molar-refractivity contribution in [3.63, 3.8) is 0 Å². The van der Waals surface area contributed by atoms with Gasteiger partial charge in [-0.25, -0.2) is 0 Å². The number of carbonyl (C=O) groups is 1. The standard InChI is InChI=1S/C15H23N3O2/c1-15(2)14(19)17-8-9-18(15)13(10-16)11-4-6-12(20-3)7-5-11/h4-7,13H,8-10,16H2,1-3H3,(H,17,19). The first-order chi connectivity index (χ1) is 9.50. The molecule has 0 radical (unpaired) electrons. The third-order valence-corrected chi connectivity index (χ3v) is 4.01. The number of carbonyl (C=O) groups excluding carboxylic acids is 1. The lowest BCUT2D eigenvalue weighted by molar-refractivity contribution is -0.137. The van der Waals surface area contributed by atoms with Gasteiger partial charge >= 0.3 is 0 Å². The van der Waals surface area contributed by atoms with Gasteiger partial charge in [0.1, 0.15) is 5.75 Å². The number of nitrogens with one attached hydrogen (secondary N) is 1. The predicted molar refractivity (Wildman–Crippen MR) is 78.6 cm³/mol. The van der Waals surface area contributed by atoms with Crippen LogP contribution in [0.15, 0.2) is 24.3 Å². The number of benzene rings is 1. The largest absolute Gasteiger partial charge is 0.497 e. The van der Waals surface area contributed by atoms with Gasteiger partial charge in [0, 0.05) is 25.7 Å². The van der Waals surface area contributed by atoms with Crippen LogP contribution in [0.3, 0.4) is 0 Å². The van der Waals surface area contributed by atoms with E-state index < -0.39 is 5.54 Å². The average molecular weight is 277 g/mol. The van der Waals surface area contributed by atoms with E-state index in [-0.39, 0.29) is 11.9 Å². The Labute approximate surface area is 120 Å². The molecular weight excluding hydrogens is 254 g/mol. The zero-order valence-corrected chi connectivity index (χ0v) is 12.3. The minimum Gasteiger partial charge on any atom is -0.497 e. The predicted octanol–water partition coefficient (Wildman–Crippen LogP) is 0.905. The van der Waals surface area contributed by atoms with Gasteiger partial charge < -0.3 is 15.8 Å². The van der Waals surface area contributed by atoms with Crippen molar-refractivity contribution < 1.29 is 9.53 Å². The summed E-state index contributed by atoms with van der Waals surface area (Å²) in [5.41, 5.74) is 6.52. The van der Waals surface area contributed by atoms with Gasteiger partial charge in [0.2, 0.25) is 5.91 Å². The molecule has 110 valence electrons. The van der Waals surface area contributed by atoms with Crippen LogP contribution in [0.5, 0.6) is 5.75 Å². The Morgan fingerprint density at radius 2 is 2.05 bits per heavy atom. The van der Waals surface area contributed by atoms with Gasteiger partial charge in [-0.15, -0.1) is 0 Å². The fourth-order valence-corrected chi connectivity index (χ4v) is 2.73. The molecule has 1 aromatic carbocycles. The van der Waals surface area contributed by atoms with Gasteiger partial charge in [-0.05, 0) is 31.5 Å². The van der Waals surface area contributed by atoms with E-state index in [0.717, 1.165) is 17.9 Å². The second-order valence-corrected chi connectivity index (χ2v) is 5.53. The number of rotatable bonds is 4. The van der Waals surface area contributed by atoms with E-state index in [4.69, 9.17) is 10.5 Å². The lowest BCUT2D eigenvalue weighted by Gasteiger charge is -2.45. The molecule has 0 bridgehead atoms. The number of amides is 1. The van der Waals surface area contributed by atoms with E-state index in [2.05, 4.69) is 10.2 Å². The van der Waals surface area contributed by atoms with Gasteiger partial charge in [-0.2, -0.15) is 0 Å². The molecule has 5 heteroatoms. The maximum Gasteiger partial charge on any atom is 0.240 e. The van der Waals surface area contributed by atoms with Crippen LogP contribution in [-0.4, -0.2) is 43.1 Å². The summed E-state index contributed by atoms with van der Waals surface area (Å²) in [6.45, 7) is 5.81. The topological polar surface area (TPSA) is 67.6 Å². The summed E-state index contributed by atoms with van der Waals surface area (Å²) in [5, 5.41) is 2.91. The Balaban J connectivity index is 2.28. The van der Waals surface area contributed by atoms with Gasteiger partial charge in [0.05, 0.1) is 12.6 Å². The maximum absolute atomic E-state index is 12.1. The highest BCUT2D eigenvalue weighted by Crippen LogP contribution is 2.30. The van der Waals surface area contributed by atoms with E-state index in [1.165, 1.54) is 0 Å². The fraction of sp³-hybridized carbons (Fsp3) is 0.533. The summed E-state index contributed by atoms with van der Waals surface area (Å²) >= 11 is 0. The smallest absolute Gasteiger partial charge is 0.240 e. The molecule has 2 rings (SSSR count). The first kappa shape index (κ1) is 14.8. The highest BCUT2D eigenvalue weighted by atomic mass is 16.5. The lowest BCUT2D eigenvalue weighted by Crippen LogP contribution is -2.63. The van der Waals surface area contributed by atoms with E-state index in [0.29, 0.717) is 13.1 Å². The fourth-order valence-electron chi connectivity index (χ4n) is 2.73. The van der Waals surface area contributed by atoms with Crippen LogP contribution in [0.4, 0.5) is 0 Å². The summed E-state index contributed by atoms with van der Waals surface area (Å²) in [7, 11) is 1.65. The second-order valence-electron chi connectivity index (χ2n) is 5.53. The van der Waals surface area contributed by atoms with E-state index in [1.807, 2.05) is 38.1 Å². The molecule has 0 aliphatic carbocycles. The molecule has 1 atom stereocenters. The monoisotopic (exact) mass is 277 g/mol. The van der Waals surface area contributed by atoms with Gasteiger partial charge in [0.25, 0.3) is 0 Å². The molecule has 20 heavy (non-hydrogen) atoms. The van der Waals surface area contributed by atoms with Crippen molar-refractivity contribution in [2.75, 3.05) is 26.7 Å². The molecule has 1 aliphatic rings. The van der Waals surface area contributed by atoms with Gasteiger partial charge in [-0.3, -0.25) is 9.69 Å². The molecule has 0 spiro atoms. The van der Waals surface area contributed by atoms with Crippen molar-refractivity contribution in [1.29, 1.82) is 0 Å². The number of ether oxygens (including phenoxy) is 1. The molecule has 1 fully saturated rings. The van der Waals surface area contributed by atoms with E-state index in [9.17, 15) is 4.79 Å². The van der Waals surface area contributed by atoms with Crippen LogP contribution in [0, 0.1) is 0 Å². The SMILES string of the molecule is COc1ccc(C(CN)N2CCNC(=O)C2(C)C)cc1. The zero-order valence-electron chi connectivity index (χ0n) is 12.3. The summed E-state index contributed by atoms with van der Waals surface area (Å²) in [4.78, 5) is 14.2. The first-order valence-corrected chi connectivity index (χ1v) is 6.89. The second kappa shape index (κ2) is 5.81. The van der Waals surface area contributed by atoms with Crippen LogP contribution < -0.4 is 15.8 Å². The van der Waals surface area contributed by atoms with Gasteiger partial charge in [-0.1, -0.05) is 12.1 Å². The molecular formula is C15H23N3O2. The van der Waals surface area contributed by atoms with Crippen molar-refractivity contribution in [2.45, 2.75) is 25.4 Å². The van der Waals surface area contributed by atoms with E-state index in [1.54, 1.807) is 7.11 Å². The number of hydrogen-bond donors (Lipinski definition) is 2. The Kier molecular flexibility index (Phi) is 4.30. The highest BCUT2D eigenvalue weighted by Gasteiger charge is 2.41. The number of methoxy groups -OCH3 is 1. The molecule has 1 amide bonds. The molecule has 1 saturated heterocycles. The normalized spacial score (nSPS) is 20.3. The van der Waals surface area contributed by atoms with Crippen LogP contribution >= 0.6 is 0 Å².